The molecule has 0 spiro atoms. The van der Waals surface area contributed by atoms with E-state index in [4.69, 9.17) is 28.9 Å². The Morgan fingerprint density at radius 2 is 1.84 bits per heavy atom. The van der Waals surface area contributed by atoms with Gasteiger partial charge in [0.2, 0.25) is 0 Å². The molecule has 2 aromatic rings. The van der Waals surface area contributed by atoms with Crippen LogP contribution in [0.4, 0.5) is 4.39 Å². The van der Waals surface area contributed by atoms with Crippen LogP contribution >= 0.6 is 35.0 Å². The first kappa shape index (κ1) is 14.7. The summed E-state index contributed by atoms with van der Waals surface area (Å²) in [4.78, 5) is 0.580. The molecule has 0 aromatic heterocycles. The molecule has 1 atom stereocenters. The Kier molecular flexibility index (Phi) is 5.11. The van der Waals surface area contributed by atoms with Crippen LogP contribution in [0.15, 0.2) is 47.4 Å². The van der Waals surface area contributed by atoms with Gasteiger partial charge in [-0.3, -0.25) is 0 Å². The molecule has 1 unspecified atom stereocenters. The SMILES string of the molecule is NC(CSc1ccccc1F)c1cccc(Cl)c1Cl. The van der Waals surface area contributed by atoms with Crippen molar-refractivity contribution >= 4 is 35.0 Å². The minimum atomic E-state index is -0.296. The molecule has 2 aromatic carbocycles. The van der Waals surface area contributed by atoms with Gasteiger partial charge in [-0.15, -0.1) is 11.8 Å². The first-order valence-corrected chi connectivity index (χ1v) is 7.40. The summed E-state index contributed by atoms with van der Waals surface area (Å²) in [6.07, 6.45) is 0. The molecule has 0 heterocycles. The van der Waals surface area contributed by atoms with Crippen LogP contribution in [0, 0.1) is 5.82 Å². The minimum absolute atomic E-state index is 0.239. The second-order valence-corrected chi connectivity index (χ2v) is 5.84. The maximum absolute atomic E-state index is 13.5. The predicted molar refractivity (Wildman–Crippen MR) is 80.5 cm³/mol. The highest BCUT2D eigenvalue weighted by molar-refractivity contribution is 7.99. The van der Waals surface area contributed by atoms with E-state index in [2.05, 4.69) is 0 Å². The van der Waals surface area contributed by atoms with E-state index in [0.717, 1.165) is 5.56 Å². The maximum atomic E-state index is 13.5. The van der Waals surface area contributed by atoms with Crippen LogP contribution in [-0.2, 0) is 0 Å². The molecular weight excluding hydrogens is 304 g/mol. The molecule has 0 aliphatic rings. The van der Waals surface area contributed by atoms with Crippen molar-refractivity contribution in [2.45, 2.75) is 10.9 Å². The summed E-state index contributed by atoms with van der Waals surface area (Å²) in [5.74, 6) is 0.290. The lowest BCUT2D eigenvalue weighted by Crippen LogP contribution is -2.13. The van der Waals surface area contributed by atoms with Crippen molar-refractivity contribution in [2.24, 2.45) is 5.73 Å². The van der Waals surface area contributed by atoms with E-state index in [0.29, 0.717) is 20.7 Å². The van der Waals surface area contributed by atoms with Crippen molar-refractivity contribution in [1.29, 1.82) is 0 Å². The molecule has 0 bridgehead atoms. The van der Waals surface area contributed by atoms with E-state index < -0.39 is 0 Å². The minimum Gasteiger partial charge on any atom is -0.323 e. The zero-order valence-corrected chi connectivity index (χ0v) is 12.3. The van der Waals surface area contributed by atoms with E-state index >= 15 is 0 Å². The van der Waals surface area contributed by atoms with Gasteiger partial charge >= 0.3 is 0 Å². The van der Waals surface area contributed by atoms with Gasteiger partial charge < -0.3 is 5.73 Å². The Balaban J connectivity index is 2.08. The molecule has 19 heavy (non-hydrogen) atoms. The van der Waals surface area contributed by atoms with Crippen LogP contribution in [0.1, 0.15) is 11.6 Å². The fourth-order valence-corrected chi connectivity index (χ4v) is 3.01. The number of thioether (sulfide) groups is 1. The molecular formula is C14H12Cl2FNS. The highest BCUT2D eigenvalue weighted by atomic mass is 35.5. The number of hydrogen-bond donors (Lipinski definition) is 1. The number of nitrogens with two attached hydrogens (primary N) is 1. The smallest absolute Gasteiger partial charge is 0.136 e. The van der Waals surface area contributed by atoms with Gasteiger partial charge in [0.15, 0.2) is 0 Å². The number of hydrogen-bond acceptors (Lipinski definition) is 2. The van der Waals surface area contributed by atoms with E-state index in [9.17, 15) is 4.39 Å². The zero-order valence-electron chi connectivity index (χ0n) is 9.95. The first-order chi connectivity index (χ1) is 9.09. The monoisotopic (exact) mass is 315 g/mol. The zero-order chi connectivity index (χ0) is 13.8. The summed E-state index contributed by atoms with van der Waals surface area (Å²) in [6, 6.07) is 11.7. The summed E-state index contributed by atoms with van der Waals surface area (Å²) in [5, 5.41) is 0.941. The van der Waals surface area contributed by atoms with Crippen molar-refractivity contribution in [3.05, 3.63) is 63.9 Å². The van der Waals surface area contributed by atoms with Gasteiger partial charge in [0, 0.05) is 16.7 Å². The van der Waals surface area contributed by atoms with Gasteiger partial charge in [-0.2, -0.15) is 0 Å². The van der Waals surface area contributed by atoms with Crippen molar-refractivity contribution in [2.75, 3.05) is 5.75 Å². The molecule has 0 radical (unpaired) electrons. The fourth-order valence-electron chi connectivity index (χ4n) is 1.64. The maximum Gasteiger partial charge on any atom is 0.136 e. The predicted octanol–water partition coefficient (Wildman–Crippen LogP) is 4.92. The van der Waals surface area contributed by atoms with Crippen molar-refractivity contribution in [3.8, 4) is 0 Å². The number of halogens is 3. The van der Waals surface area contributed by atoms with Gasteiger partial charge in [-0.05, 0) is 23.8 Å². The summed E-state index contributed by atoms with van der Waals surface area (Å²) in [6.45, 7) is 0. The van der Waals surface area contributed by atoms with Crippen LogP contribution < -0.4 is 5.73 Å². The number of benzene rings is 2. The van der Waals surface area contributed by atoms with Gasteiger partial charge in [-0.1, -0.05) is 47.5 Å². The molecule has 0 saturated carbocycles. The average Bonchev–Trinajstić information content (AvgIpc) is 2.40. The molecule has 100 valence electrons. The molecule has 0 aliphatic carbocycles. The third-order valence-corrected chi connectivity index (χ3v) is 4.64. The highest BCUT2D eigenvalue weighted by Crippen LogP contribution is 2.32. The fraction of sp³-hybridized carbons (Fsp3) is 0.143. The van der Waals surface area contributed by atoms with Crippen LogP contribution in [0.2, 0.25) is 10.0 Å². The quantitative estimate of drug-likeness (QED) is 0.810. The standard InChI is InChI=1S/C14H12Cl2FNS/c15-10-5-3-4-9(14(10)16)12(18)8-19-13-7-2-1-6-11(13)17/h1-7,12H,8,18H2. The van der Waals surface area contributed by atoms with Gasteiger partial charge in [0.25, 0.3) is 0 Å². The molecule has 0 fully saturated rings. The molecule has 1 nitrogen and oxygen atoms in total. The third-order valence-electron chi connectivity index (χ3n) is 2.64. The Morgan fingerprint density at radius 3 is 2.58 bits per heavy atom. The average molecular weight is 316 g/mol. The topological polar surface area (TPSA) is 26.0 Å². The van der Waals surface area contributed by atoms with Gasteiger partial charge in [0.1, 0.15) is 5.82 Å². The summed E-state index contributed by atoms with van der Waals surface area (Å²) in [5.41, 5.74) is 6.85. The Bertz CT molecular complexity index is 577. The van der Waals surface area contributed by atoms with Crippen LogP contribution in [0.25, 0.3) is 0 Å². The highest BCUT2D eigenvalue weighted by Gasteiger charge is 2.13. The third kappa shape index (κ3) is 3.63. The number of rotatable bonds is 4. The Hall–Kier alpha value is -0.740. The molecule has 5 heteroatoms. The van der Waals surface area contributed by atoms with Gasteiger partial charge in [-0.25, -0.2) is 4.39 Å². The Labute approximate surface area is 125 Å². The van der Waals surface area contributed by atoms with E-state index in [1.165, 1.54) is 17.8 Å². The van der Waals surface area contributed by atoms with Gasteiger partial charge in [0.05, 0.1) is 10.0 Å². The lowest BCUT2D eigenvalue weighted by molar-refractivity contribution is 0.602. The summed E-state index contributed by atoms with van der Waals surface area (Å²) >= 11 is 13.4. The largest absolute Gasteiger partial charge is 0.323 e. The molecule has 2 rings (SSSR count). The van der Waals surface area contributed by atoms with E-state index in [1.807, 2.05) is 6.07 Å². The Morgan fingerprint density at radius 1 is 1.11 bits per heavy atom. The van der Waals surface area contributed by atoms with Crippen LogP contribution in [0.3, 0.4) is 0 Å². The van der Waals surface area contributed by atoms with Crippen molar-refractivity contribution < 1.29 is 4.39 Å². The second-order valence-electron chi connectivity index (χ2n) is 3.99. The van der Waals surface area contributed by atoms with Crippen LogP contribution in [0.5, 0.6) is 0 Å². The lowest BCUT2D eigenvalue weighted by atomic mass is 10.1. The van der Waals surface area contributed by atoms with E-state index in [-0.39, 0.29) is 11.9 Å². The first-order valence-electron chi connectivity index (χ1n) is 5.66. The molecule has 0 aliphatic heterocycles. The lowest BCUT2D eigenvalue weighted by Gasteiger charge is -2.14. The second kappa shape index (κ2) is 6.62. The van der Waals surface area contributed by atoms with Crippen molar-refractivity contribution in [1.82, 2.24) is 0 Å². The molecule has 2 N–H and O–H groups in total. The van der Waals surface area contributed by atoms with E-state index in [1.54, 1.807) is 30.3 Å². The summed E-state index contributed by atoms with van der Waals surface area (Å²) < 4.78 is 13.5. The van der Waals surface area contributed by atoms with Crippen molar-refractivity contribution in [3.63, 3.8) is 0 Å². The molecule has 0 saturated heterocycles. The summed E-state index contributed by atoms with van der Waals surface area (Å²) in [7, 11) is 0. The van der Waals surface area contributed by atoms with Crippen LogP contribution in [-0.4, -0.2) is 5.75 Å². The molecule has 0 amide bonds. The normalized spacial score (nSPS) is 12.4.